The molecule has 0 spiro atoms. The average Bonchev–Trinajstić information content (AvgIpc) is 3.42. The molecule has 2 nitrogen and oxygen atoms in total. The van der Waals surface area contributed by atoms with Crippen molar-refractivity contribution in [1.29, 1.82) is 0 Å². The molecule has 7 aromatic rings. The summed E-state index contributed by atoms with van der Waals surface area (Å²) in [7, 11) is 0. The van der Waals surface area contributed by atoms with Gasteiger partial charge in [-0.15, -0.1) is 0 Å². The summed E-state index contributed by atoms with van der Waals surface area (Å²) in [6.07, 6.45) is 0. The van der Waals surface area contributed by atoms with Gasteiger partial charge in [-0.05, 0) is 59.2 Å². The summed E-state index contributed by atoms with van der Waals surface area (Å²) in [4.78, 5) is 0. The van der Waals surface area contributed by atoms with E-state index in [-0.39, 0.29) is 0 Å². The predicted octanol–water partition coefficient (Wildman–Crippen LogP) is 9.47. The Morgan fingerprint density at radius 3 is 1.94 bits per heavy atom. The van der Waals surface area contributed by atoms with Crippen molar-refractivity contribution in [1.82, 2.24) is 0 Å². The van der Waals surface area contributed by atoms with Gasteiger partial charge in [-0.1, -0.05) is 72.3 Å². The SMILES string of the molecule is Clc1ccc(-c2ccc(-c3ccc4c(c3)oc3ccccc34)c3c2oc2ccccc23)cc1. The molecule has 0 radical (unpaired) electrons. The van der Waals surface area contributed by atoms with Crippen molar-refractivity contribution in [3.63, 3.8) is 0 Å². The molecule has 5 aromatic carbocycles. The number of rotatable bonds is 2. The highest BCUT2D eigenvalue weighted by Crippen LogP contribution is 2.42. The topological polar surface area (TPSA) is 26.3 Å². The van der Waals surface area contributed by atoms with Crippen LogP contribution in [-0.4, -0.2) is 0 Å². The second kappa shape index (κ2) is 6.99. The van der Waals surface area contributed by atoms with Crippen LogP contribution in [0, 0.1) is 0 Å². The molecule has 0 unspecified atom stereocenters. The lowest BCUT2D eigenvalue weighted by Gasteiger charge is -2.09. The number of para-hydroxylation sites is 2. The molecule has 2 heterocycles. The van der Waals surface area contributed by atoms with E-state index in [0.717, 1.165) is 71.2 Å². The van der Waals surface area contributed by atoms with Crippen LogP contribution in [0.3, 0.4) is 0 Å². The van der Waals surface area contributed by atoms with E-state index in [0.29, 0.717) is 0 Å². The maximum absolute atomic E-state index is 6.41. The van der Waals surface area contributed by atoms with Crippen LogP contribution in [0.5, 0.6) is 0 Å². The first kappa shape index (κ1) is 18.6. The Balaban J connectivity index is 1.53. The summed E-state index contributed by atoms with van der Waals surface area (Å²) in [5.74, 6) is 0. The minimum absolute atomic E-state index is 0.718. The predicted molar refractivity (Wildman–Crippen MR) is 137 cm³/mol. The van der Waals surface area contributed by atoms with E-state index in [1.165, 1.54) is 0 Å². The lowest BCUT2D eigenvalue weighted by atomic mass is 9.94. The molecule has 0 saturated heterocycles. The normalized spacial score (nSPS) is 11.8. The van der Waals surface area contributed by atoms with Gasteiger partial charge in [0.1, 0.15) is 22.3 Å². The Bertz CT molecular complexity index is 1820. The van der Waals surface area contributed by atoms with E-state index in [9.17, 15) is 0 Å². The van der Waals surface area contributed by atoms with Gasteiger partial charge in [-0.3, -0.25) is 0 Å². The summed E-state index contributed by atoms with van der Waals surface area (Å²) in [5.41, 5.74) is 7.88. The van der Waals surface area contributed by atoms with Gasteiger partial charge in [0.2, 0.25) is 0 Å². The molecule has 0 amide bonds. The number of fused-ring (bicyclic) bond motifs is 6. The number of furan rings is 2. The van der Waals surface area contributed by atoms with Crippen LogP contribution in [-0.2, 0) is 0 Å². The smallest absolute Gasteiger partial charge is 0.143 e. The average molecular weight is 445 g/mol. The Hall–Kier alpha value is -4.01. The zero-order chi connectivity index (χ0) is 21.9. The van der Waals surface area contributed by atoms with Crippen LogP contribution in [0.2, 0.25) is 5.02 Å². The number of hydrogen-bond acceptors (Lipinski definition) is 2. The second-order valence-electron chi connectivity index (χ2n) is 8.28. The zero-order valence-corrected chi connectivity index (χ0v) is 18.3. The lowest BCUT2D eigenvalue weighted by molar-refractivity contribution is 0.668. The highest BCUT2D eigenvalue weighted by Gasteiger charge is 2.18. The number of hydrogen-bond donors (Lipinski definition) is 0. The van der Waals surface area contributed by atoms with E-state index in [4.69, 9.17) is 20.4 Å². The van der Waals surface area contributed by atoms with Gasteiger partial charge in [0, 0.05) is 32.1 Å². The Morgan fingerprint density at radius 1 is 0.485 bits per heavy atom. The molecule has 0 N–H and O–H groups in total. The number of halogens is 1. The molecular formula is C30H17ClO2. The largest absolute Gasteiger partial charge is 0.456 e. The summed E-state index contributed by atoms with van der Waals surface area (Å²) in [5, 5.41) is 5.18. The first-order valence-electron chi connectivity index (χ1n) is 10.9. The van der Waals surface area contributed by atoms with Gasteiger partial charge in [0.05, 0.1) is 0 Å². The van der Waals surface area contributed by atoms with Gasteiger partial charge in [0.25, 0.3) is 0 Å². The lowest BCUT2D eigenvalue weighted by Crippen LogP contribution is -1.84. The maximum atomic E-state index is 6.41. The first-order chi connectivity index (χ1) is 16.3. The van der Waals surface area contributed by atoms with Crippen molar-refractivity contribution < 1.29 is 8.83 Å². The highest BCUT2D eigenvalue weighted by molar-refractivity contribution is 6.30. The van der Waals surface area contributed by atoms with Crippen molar-refractivity contribution in [2.75, 3.05) is 0 Å². The van der Waals surface area contributed by atoms with Gasteiger partial charge in [-0.2, -0.15) is 0 Å². The summed E-state index contributed by atoms with van der Waals surface area (Å²) >= 11 is 6.13. The fraction of sp³-hybridized carbons (Fsp3) is 0. The standard InChI is InChI=1S/C30H17ClO2/c31-20-12-9-18(10-13-20)22-16-15-21(29-25-6-2-4-8-27(25)33-30(22)29)19-11-14-24-23-5-1-3-7-26(23)32-28(24)17-19/h1-17H. The zero-order valence-electron chi connectivity index (χ0n) is 17.5. The van der Waals surface area contributed by atoms with Crippen LogP contribution in [0.25, 0.3) is 66.1 Å². The van der Waals surface area contributed by atoms with Crippen molar-refractivity contribution in [3.8, 4) is 22.3 Å². The molecule has 0 aliphatic carbocycles. The summed E-state index contributed by atoms with van der Waals surface area (Å²) in [6.45, 7) is 0. The molecular weight excluding hydrogens is 428 g/mol. The Labute approximate surface area is 194 Å². The van der Waals surface area contributed by atoms with Crippen molar-refractivity contribution in [2.45, 2.75) is 0 Å². The fourth-order valence-electron chi connectivity index (χ4n) is 4.82. The van der Waals surface area contributed by atoms with E-state index in [1.807, 2.05) is 54.6 Å². The van der Waals surface area contributed by atoms with Crippen LogP contribution in [0.4, 0.5) is 0 Å². The molecule has 33 heavy (non-hydrogen) atoms. The van der Waals surface area contributed by atoms with Crippen LogP contribution in [0.15, 0.2) is 112 Å². The summed E-state index contributed by atoms with van der Waals surface area (Å²) in [6, 6.07) is 35.0. The van der Waals surface area contributed by atoms with Gasteiger partial charge >= 0.3 is 0 Å². The maximum Gasteiger partial charge on any atom is 0.143 e. The van der Waals surface area contributed by atoms with E-state index in [1.54, 1.807) is 0 Å². The number of benzene rings is 5. The molecule has 2 aromatic heterocycles. The van der Waals surface area contributed by atoms with E-state index in [2.05, 4.69) is 48.5 Å². The second-order valence-corrected chi connectivity index (χ2v) is 8.72. The quantitative estimate of drug-likeness (QED) is 0.265. The third-order valence-electron chi connectivity index (χ3n) is 6.37. The van der Waals surface area contributed by atoms with E-state index < -0.39 is 0 Å². The molecule has 0 bridgehead atoms. The molecule has 0 aliphatic rings. The van der Waals surface area contributed by atoms with Crippen LogP contribution in [0.1, 0.15) is 0 Å². The van der Waals surface area contributed by atoms with Crippen LogP contribution >= 0.6 is 11.6 Å². The minimum Gasteiger partial charge on any atom is -0.456 e. The summed E-state index contributed by atoms with van der Waals surface area (Å²) < 4.78 is 12.6. The Kier molecular flexibility index (Phi) is 3.93. The minimum atomic E-state index is 0.718. The highest BCUT2D eigenvalue weighted by atomic mass is 35.5. The molecule has 156 valence electrons. The van der Waals surface area contributed by atoms with Crippen molar-refractivity contribution in [3.05, 3.63) is 108 Å². The molecule has 0 atom stereocenters. The third kappa shape index (κ3) is 2.81. The third-order valence-corrected chi connectivity index (χ3v) is 6.62. The molecule has 0 aliphatic heterocycles. The van der Waals surface area contributed by atoms with Crippen molar-refractivity contribution in [2.24, 2.45) is 0 Å². The molecule has 3 heteroatoms. The molecule has 0 saturated carbocycles. The Morgan fingerprint density at radius 2 is 1.12 bits per heavy atom. The van der Waals surface area contributed by atoms with Gasteiger partial charge < -0.3 is 8.83 Å². The molecule has 7 rings (SSSR count). The van der Waals surface area contributed by atoms with Crippen LogP contribution < -0.4 is 0 Å². The van der Waals surface area contributed by atoms with Gasteiger partial charge in [0.15, 0.2) is 0 Å². The van der Waals surface area contributed by atoms with Crippen molar-refractivity contribution >= 4 is 55.5 Å². The molecule has 0 fully saturated rings. The first-order valence-corrected chi connectivity index (χ1v) is 11.3. The van der Waals surface area contributed by atoms with Gasteiger partial charge in [-0.25, -0.2) is 0 Å². The monoisotopic (exact) mass is 444 g/mol. The fourth-order valence-corrected chi connectivity index (χ4v) is 4.94. The van der Waals surface area contributed by atoms with E-state index >= 15 is 0 Å².